The number of nitrogens with one attached hydrogen (secondary N) is 1. The molecule has 0 aromatic rings. The van der Waals surface area contributed by atoms with Crippen molar-refractivity contribution in [2.75, 3.05) is 0 Å². The second-order valence-corrected chi connectivity index (χ2v) is 11.1. The minimum Gasteiger partial charge on any atom is -0.375 e. The summed E-state index contributed by atoms with van der Waals surface area (Å²) in [6.45, 7) is 7.02. The number of carbonyl (C=O) groups is 2. The first kappa shape index (κ1) is 21.0. The Kier molecular flexibility index (Phi) is 5.37. The molecule has 6 heteroatoms. The van der Waals surface area contributed by atoms with Crippen LogP contribution in [0.25, 0.3) is 0 Å². The van der Waals surface area contributed by atoms with E-state index >= 15 is 0 Å². The van der Waals surface area contributed by atoms with E-state index in [0.717, 1.165) is 6.42 Å². The van der Waals surface area contributed by atoms with Gasteiger partial charge in [-0.2, -0.15) is 5.10 Å². The number of hydrogen-bond acceptors (Lipinski definition) is 4. The van der Waals surface area contributed by atoms with Crippen LogP contribution in [0.3, 0.4) is 0 Å². The molecule has 4 fully saturated rings. The quantitative estimate of drug-likeness (QED) is 0.414. The van der Waals surface area contributed by atoms with Crippen molar-refractivity contribution in [1.82, 2.24) is 5.43 Å². The van der Waals surface area contributed by atoms with E-state index in [0.29, 0.717) is 60.4 Å². The summed E-state index contributed by atoms with van der Waals surface area (Å²) < 4.78 is 0. The third-order valence-electron chi connectivity index (χ3n) is 9.47. The standard InChI is InChI=1S/C23H35N3O2S/c1-13(12-25-26-21(24)29)16-4-5-17-15-11-20(28)19-10-14(27)6-8-23(19,3)18(15)7-9-22(16,17)2/h12-13,15-19H,4-11H2,1-3H3,(H3,24,26,29)/b25-12+/t13-,15+,16-,17+,18+,19?,22-,23-/m1/s1. The van der Waals surface area contributed by atoms with E-state index in [2.05, 4.69) is 31.3 Å². The lowest BCUT2D eigenvalue weighted by molar-refractivity contribution is -0.158. The molecule has 0 spiro atoms. The molecule has 4 saturated carbocycles. The molecule has 4 aliphatic rings. The smallest absolute Gasteiger partial charge is 0.184 e. The average molecular weight is 418 g/mol. The molecule has 0 aromatic heterocycles. The van der Waals surface area contributed by atoms with Gasteiger partial charge in [0.1, 0.15) is 11.6 Å². The average Bonchev–Trinajstić information content (AvgIpc) is 3.00. The summed E-state index contributed by atoms with van der Waals surface area (Å²) in [4.78, 5) is 25.2. The summed E-state index contributed by atoms with van der Waals surface area (Å²) in [5.74, 6) is 3.23. The van der Waals surface area contributed by atoms with Gasteiger partial charge >= 0.3 is 0 Å². The Labute approximate surface area is 179 Å². The zero-order valence-corrected chi connectivity index (χ0v) is 18.8. The second kappa shape index (κ2) is 7.44. The molecule has 0 aliphatic heterocycles. The van der Waals surface area contributed by atoms with Gasteiger partial charge in [0.25, 0.3) is 0 Å². The Morgan fingerprint density at radius 3 is 2.62 bits per heavy atom. The van der Waals surface area contributed by atoms with Crippen molar-refractivity contribution in [2.24, 2.45) is 57.2 Å². The van der Waals surface area contributed by atoms with Gasteiger partial charge in [-0.1, -0.05) is 20.8 Å². The van der Waals surface area contributed by atoms with E-state index in [4.69, 9.17) is 18.0 Å². The monoisotopic (exact) mass is 417 g/mol. The number of nitrogens with two attached hydrogens (primary N) is 1. The summed E-state index contributed by atoms with van der Waals surface area (Å²) >= 11 is 4.84. The first-order chi connectivity index (χ1) is 13.7. The summed E-state index contributed by atoms with van der Waals surface area (Å²) in [5.41, 5.74) is 8.44. The number of hydrogen-bond donors (Lipinski definition) is 2. The topological polar surface area (TPSA) is 84.5 Å². The summed E-state index contributed by atoms with van der Waals surface area (Å²) in [7, 11) is 0. The molecule has 5 nitrogen and oxygen atoms in total. The van der Waals surface area contributed by atoms with Crippen LogP contribution in [0.2, 0.25) is 0 Å². The van der Waals surface area contributed by atoms with Crippen LogP contribution < -0.4 is 11.2 Å². The number of rotatable bonds is 3. The highest BCUT2D eigenvalue weighted by atomic mass is 32.1. The molecule has 0 aromatic carbocycles. The van der Waals surface area contributed by atoms with E-state index in [-0.39, 0.29) is 21.9 Å². The van der Waals surface area contributed by atoms with Gasteiger partial charge in [-0.05, 0) is 84.7 Å². The van der Waals surface area contributed by atoms with E-state index in [1.54, 1.807) is 0 Å². The predicted molar refractivity (Wildman–Crippen MR) is 118 cm³/mol. The van der Waals surface area contributed by atoms with Gasteiger partial charge in [-0.3, -0.25) is 15.0 Å². The lowest BCUT2D eigenvalue weighted by atomic mass is 9.44. The molecular weight excluding hydrogens is 382 g/mol. The van der Waals surface area contributed by atoms with Gasteiger partial charge in [-0.25, -0.2) is 0 Å². The van der Waals surface area contributed by atoms with Crippen LogP contribution >= 0.6 is 12.2 Å². The Bertz CT molecular complexity index is 752. The lowest BCUT2D eigenvalue weighted by Gasteiger charge is -2.59. The molecule has 3 N–H and O–H groups in total. The molecule has 8 atom stereocenters. The highest BCUT2D eigenvalue weighted by Crippen LogP contribution is 2.67. The highest BCUT2D eigenvalue weighted by Gasteiger charge is 2.62. The third-order valence-corrected chi connectivity index (χ3v) is 9.56. The van der Waals surface area contributed by atoms with E-state index < -0.39 is 0 Å². The number of Topliss-reactive ketones (excluding diaryl/α,β-unsaturated/α-hetero) is 2. The third kappa shape index (κ3) is 3.35. The normalized spacial score (nSPS) is 45.4. The van der Waals surface area contributed by atoms with E-state index in [1.165, 1.54) is 25.7 Å². The van der Waals surface area contributed by atoms with Crippen molar-refractivity contribution in [1.29, 1.82) is 0 Å². The fraction of sp³-hybridized carbons (Fsp3) is 0.826. The maximum Gasteiger partial charge on any atom is 0.184 e. The van der Waals surface area contributed by atoms with Gasteiger partial charge in [0.05, 0.1) is 0 Å². The predicted octanol–water partition coefficient (Wildman–Crippen LogP) is 3.85. The van der Waals surface area contributed by atoms with Crippen molar-refractivity contribution >= 4 is 35.1 Å². The summed E-state index contributed by atoms with van der Waals surface area (Å²) in [6, 6.07) is 0. The van der Waals surface area contributed by atoms with Crippen LogP contribution in [-0.4, -0.2) is 22.9 Å². The first-order valence-electron chi connectivity index (χ1n) is 11.3. The zero-order chi connectivity index (χ0) is 21.0. The Hall–Kier alpha value is -1.30. The van der Waals surface area contributed by atoms with Gasteiger partial charge in [0.15, 0.2) is 5.11 Å². The van der Waals surface area contributed by atoms with Crippen LogP contribution in [-0.2, 0) is 9.59 Å². The minimum atomic E-state index is -0.0243. The van der Waals surface area contributed by atoms with Gasteiger partial charge in [0, 0.05) is 31.4 Å². The molecule has 29 heavy (non-hydrogen) atoms. The molecule has 4 rings (SSSR count). The number of thiocarbonyl (C=S) groups is 1. The SMILES string of the molecule is C[C@H](/C=N/NC(N)=S)[C@H]1CC[C@H]2[C@@H]3CC(=O)C4CC(=O)CC[C@]4(C)[C@H]3CC[C@]12C. The molecule has 4 aliphatic carbocycles. The molecule has 0 bridgehead atoms. The van der Waals surface area contributed by atoms with Crippen LogP contribution in [0.4, 0.5) is 0 Å². The van der Waals surface area contributed by atoms with E-state index in [9.17, 15) is 9.59 Å². The van der Waals surface area contributed by atoms with Gasteiger partial charge in [-0.15, -0.1) is 0 Å². The lowest BCUT2D eigenvalue weighted by Crippen LogP contribution is -2.56. The molecule has 1 unspecified atom stereocenters. The van der Waals surface area contributed by atoms with Crippen molar-refractivity contribution in [3.8, 4) is 0 Å². The van der Waals surface area contributed by atoms with Crippen molar-refractivity contribution in [3.63, 3.8) is 0 Å². The van der Waals surface area contributed by atoms with Gasteiger partial charge < -0.3 is 5.73 Å². The molecule has 0 heterocycles. The molecule has 160 valence electrons. The van der Waals surface area contributed by atoms with Crippen LogP contribution in [0.1, 0.15) is 72.1 Å². The molecule has 0 radical (unpaired) electrons. The molecule has 0 amide bonds. The Morgan fingerprint density at radius 2 is 1.90 bits per heavy atom. The summed E-state index contributed by atoms with van der Waals surface area (Å²) in [5, 5.41) is 4.42. The fourth-order valence-electron chi connectivity index (χ4n) is 8.06. The van der Waals surface area contributed by atoms with Crippen molar-refractivity contribution < 1.29 is 9.59 Å². The van der Waals surface area contributed by atoms with E-state index in [1.807, 2.05) is 6.21 Å². The largest absolute Gasteiger partial charge is 0.375 e. The number of ketones is 2. The maximum absolute atomic E-state index is 13.1. The number of fused-ring (bicyclic) bond motifs is 5. The van der Waals surface area contributed by atoms with Crippen LogP contribution in [0.15, 0.2) is 5.10 Å². The number of nitrogens with zero attached hydrogens (tertiary/aromatic N) is 1. The molecule has 0 saturated heterocycles. The number of hydrazone groups is 1. The number of carbonyl (C=O) groups excluding carboxylic acids is 2. The van der Waals surface area contributed by atoms with Crippen LogP contribution in [0.5, 0.6) is 0 Å². The second-order valence-electron chi connectivity index (χ2n) is 10.7. The fourth-order valence-corrected chi connectivity index (χ4v) is 8.12. The Balaban J connectivity index is 1.55. The first-order valence-corrected chi connectivity index (χ1v) is 11.7. The highest BCUT2D eigenvalue weighted by molar-refractivity contribution is 7.80. The van der Waals surface area contributed by atoms with Crippen molar-refractivity contribution in [2.45, 2.75) is 72.1 Å². The molecular formula is C23H35N3O2S. The van der Waals surface area contributed by atoms with Crippen molar-refractivity contribution in [3.05, 3.63) is 0 Å². The van der Waals surface area contributed by atoms with Crippen LogP contribution in [0, 0.1) is 46.3 Å². The minimum absolute atomic E-state index is 0.0243. The van der Waals surface area contributed by atoms with Gasteiger partial charge in [0.2, 0.25) is 0 Å². The zero-order valence-electron chi connectivity index (χ0n) is 17.9. The Morgan fingerprint density at radius 1 is 1.17 bits per heavy atom. The maximum atomic E-state index is 13.1. The summed E-state index contributed by atoms with van der Waals surface area (Å²) in [6.07, 6.45) is 9.52.